The van der Waals surface area contributed by atoms with Crippen LogP contribution in [0.3, 0.4) is 0 Å². The number of aliphatic hydroxyl groups is 1. The Morgan fingerprint density at radius 3 is 2.64 bits per heavy atom. The third kappa shape index (κ3) is 2.15. The van der Waals surface area contributed by atoms with E-state index in [-0.39, 0.29) is 12.9 Å². The Labute approximate surface area is 90.8 Å². The number of hydrogen-bond acceptors (Lipinski definition) is 3. The van der Waals surface area contributed by atoms with Crippen LogP contribution in [0.15, 0.2) is 22.7 Å². The Morgan fingerprint density at radius 2 is 2.00 bits per heavy atom. The molecule has 76 valence electrons. The van der Waals surface area contributed by atoms with Crippen LogP contribution in [0.1, 0.15) is 17.4 Å². The SMILES string of the molecule is OCc1cc(Br)cc(C2OCCO2)c1. The molecule has 0 aliphatic carbocycles. The summed E-state index contributed by atoms with van der Waals surface area (Å²) in [6.07, 6.45) is -0.280. The summed E-state index contributed by atoms with van der Waals surface area (Å²) in [5.74, 6) is 0. The Kier molecular flexibility index (Phi) is 3.18. The molecule has 4 heteroatoms. The standard InChI is InChI=1S/C10H11BrO3/c11-9-4-7(6-12)3-8(5-9)10-13-1-2-14-10/h3-5,10,12H,1-2,6H2. The highest BCUT2D eigenvalue weighted by molar-refractivity contribution is 9.10. The van der Waals surface area contributed by atoms with Gasteiger partial charge in [0.1, 0.15) is 0 Å². The Bertz CT molecular complexity index is 321. The molecule has 1 aliphatic heterocycles. The van der Waals surface area contributed by atoms with Crippen LogP contribution in [-0.4, -0.2) is 18.3 Å². The molecule has 0 radical (unpaired) electrons. The molecule has 1 aromatic carbocycles. The van der Waals surface area contributed by atoms with Crippen LogP contribution in [-0.2, 0) is 16.1 Å². The lowest BCUT2D eigenvalue weighted by molar-refractivity contribution is -0.0442. The monoisotopic (exact) mass is 258 g/mol. The summed E-state index contributed by atoms with van der Waals surface area (Å²) in [6, 6.07) is 5.70. The molecule has 1 fully saturated rings. The molecule has 14 heavy (non-hydrogen) atoms. The smallest absolute Gasteiger partial charge is 0.184 e. The minimum Gasteiger partial charge on any atom is -0.392 e. The molecule has 0 spiro atoms. The summed E-state index contributed by atoms with van der Waals surface area (Å²) in [5.41, 5.74) is 1.80. The molecule has 3 nitrogen and oxygen atoms in total. The maximum Gasteiger partial charge on any atom is 0.184 e. The zero-order valence-electron chi connectivity index (χ0n) is 7.57. The van der Waals surface area contributed by atoms with Crippen LogP contribution in [0.4, 0.5) is 0 Å². The molecule has 0 aromatic heterocycles. The number of rotatable bonds is 2. The van der Waals surface area contributed by atoms with Gasteiger partial charge >= 0.3 is 0 Å². The maximum absolute atomic E-state index is 9.03. The molecule has 1 saturated heterocycles. The number of halogens is 1. The third-order valence-corrected chi connectivity index (χ3v) is 2.51. The molecule has 0 saturated carbocycles. The van der Waals surface area contributed by atoms with E-state index in [1.165, 1.54) is 0 Å². The van der Waals surface area contributed by atoms with Crippen molar-refractivity contribution in [2.75, 3.05) is 13.2 Å². The van der Waals surface area contributed by atoms with Crippen LogP contribution in [0, 0.1) is 0 Å². The van der Waals surface area contributed by atoms with Gasteiger partial charge in [0.05, 0.1) is 19.8 Å². The van der Waals surface area contributed by atoms with Gasteiger partial charge in [-0.1, -0.05) is 15.9 Å². The van der Waals surface area contributed by atoms with Crippen LogP contribution in [0.2, 0.25) is 0 Å². The Balaban J connectivity index is 2.27. The number of ether oxygens (including phenoxy) is 2. The lowest BCUT2D eigenvalue weighted by Crippen LogP contribution is -1.99. The summed E-state index contributed by atoms with van der Waals surface area (Å²) in [5, 5.41) is 9.03. The molecule has 1 aliphatic rings. The van der Waals surface area contributed by atoms with E-state index in [0.29, 0.717) is 13.2 Å². The summed E-state index contributed by atoms with van der Waals surface area (Å²) in [4.78, 5) is 0. The van der Waals surface area contributed by atoms with Gasteiger partial charge in [0.15, 0.2) is 6.29 Å². The summed E-state index contributed by atoms with van der Waals surface area (Å²) in [6.45, 7) is 1.29. The van der Waals surface area contributed by atoms with Crippen molar-refractivity contribution in [3.05, 3.63) is 33.8 Å². The van der Waals surface area contributed by atoms with E-state index in [0.717, 1.165) is 15.6 Å². The van der Waals surface area contributed by atoms with Crippen molar-refractivity contribution in [3.63, 3.8) is 0 Å². The lowest BCUT2D eigenvalue weighted by atomic mass is 10.1. The quantitative estimate of drug-likeness (QED) is 0.882. The fourth-order valence-electron chi connectivity index (χ4n) is 1.45. The first-order chi connectivity index (χ1) is 6.79. The maximum atomic E-state index is 9.03. The van der Waals surface area contributed by atoms with Gasteiger partial charge in [-0.05, 0) is 23.8 Å². The summed E-state index contributed by atoms with van der Waals surface area (Å²) in [7, 11) is 0. The first-order valence-electron chi connectivity index (χ1n) is 4.43. The van der Waals surface area contributed by atoms with Gasteiger partial charge in [0, 0.05) is 10.0 Å². The van der Waals surface area contributed by atoms with Crippen molar-refractivity contribution < 1.29 is 14.6 Å². The summed E-state index contributed by atoms with van der Waals surface area (Å²) >= 11 is 3.38. The van der Waals surface area contributed by atoms with Gasteiger partial charge in [0.2, 0.25) is 0 Å². The zero-order chi connectivity index (χ0) is 9.97. The second-order valence-corrected chi connectivity index (χ2v) is 4.04. The van der Waals surface area contributed by atoms with E-state index in [1.54, 1.807) is 0 Å². The van der Waals surface area contributed by atoms with Gasteiger partial charge in [-0.2, -0.15) is 0 Å². The normalized spacial score (nSPS) is 17.6. The van der Waals surface area contributed by atoms with Crippen LogP contribution < -0.4 is 0 Å². The van der Waals surface area contributed by atoms with Gasteiger partial charge in [0.25, 0.3) is 0 Å². The van der Waals surface area contributed by atoms with Crippen LogP contribution in [0.25, 0.3) is 0 Å². The fourth-order valence-corrected chi connectivity index (χ4v) is 2.01. The van der Waals surface area contributed by atoms with Crippen molar-refractivity contribution in [2.45, 2.75) is 12.9 Å². The van der Waals surface area contributed by atoms with Crippen LogP contribution >= 0.6 is 15.9 Å². The van der Waals surface area contributed by atoms with E-state index in [1.807, 2.05) is 18.2 Å². The predicted molar refractivity (Wildman–Crippen MR) is 54.7 cm³/mol. The lowest BCUT2D eigenvalue weighted by Gasteiger charge is -2.11. The van der Waals surface area contributed by atoms with Gasteiger partial charge in [-0.3, -0.25) is 0 Å². The molecule has 0 atom stereocenters. The fraction of sp³-hybridized carbons (Fsp3) is 0.400. The second kappa shape index (κ2) is 4.40. The molecule has 1 N–H and O–H groups in total. The number of benzene rings is 1. The first-order valence-corrected chi connectivity index (χ1v) is 5.22. The minimum absolute atomic E-state index is 0.0269. The van der Waals surface area contributed by atoms with Gasteiger partial charge < -0.3 is 14.6 Å². The van der Waals surface area contributed by atoms with E-state index in [2.05, 4.69) is 15.9 Å². The molecule has 1 aromatic rings. The molecular formula is C10H11BrO3. The van der Waals surface area contributed by atoms with Crippen molar-refractivity contribution >= 4 is 15.9 Å². The van der Waals surface area contributed by atoms with E-state index < -0.39 is 0 Å². The van der Waals surface area contributed by atoms with Gasteiger partial charge in [-0.15, -0.1) is 0 Å². The molecule has 0 unspecified atom stereocenters. The highest BCUT2D eigenvalue weighted by Crippen LogP contribution is 2.27. The Hall–Kier alpha value is -0.420. The van der Waals surface area contributed by atoms with Crippen molar-refractivity contribution in [1.29, 1.82) is 0 Å². The van der Waals surface area contributed by atoms with E-state index >= 15 is 0 Å². The second-order valence-electron chi connectivity index (χ2n) is 3.12. The third-order valence-electron chi connectivity index (χ3n) is 2.06. The zero-order valence-corrected chi connectivity index (χ0v) is 9.16. The van der Waals surface area contributed by atoms with Crippen LogP contribution in [0.5, 0.6) is 0 Å². The average molecular weight is 259 g/mol. The molecule has 1 heterocycles. The van der Waals surface area contributed by atoms with Crippen molar-refractivity contribution in [3.8, 4) is 0 Å². The van der Waals surface area contributed by atoms with Crippen molar-refractivity contribution in [2.24, 2.45) is 0 Å². The molecule has 0 amide bonds. The number of hydrogen-bond donors (Lipinski definition) is 1. The molecule has 2 rings (SSSR count). The molecular weight excluding hydrogens is 248 g/mol. The topological polar surface area (TPSA) is 38.7 Å². The minimum atomic E-state index is -0.280. The predicted octanol–water partition coefficient (Wildman–Crippen LogP) is 1.99. The summed E-state index contributed by atoms with van der Waals surface area (Å²) < 4.78 is 11.7. The van der Waals surface area contributed by atoms with Gasteiger partial charge in [-0.25, -0.2) is 0 Å². The van der Waals surface area contributed by atoms with Crippen molar-refractivity contribution in [1.82, 2.24) is 0 Å². The largest absolute Gasteiger partial charge is 0.392 e. The highest BCUT2D eigenvalue weighted by atomic mass is 79.9. The Morgan fingerprint density at radius 1 is 1.29 bits per heavy atom. The van der Waals surface area contributed by atoms with E-state index in [4.69, 9.17) is 14.6 Å². The number of aliphatic hydroxyl groups excluding tert-OH is 1. The highest BCUT2D eigenvalue weighted by Gasteiger charge is 2.18. The first kappa shape index (κ1) is 10.1. The molecule has 0 bridgehead atoms. The average Bonchev–Trinajstić information content (AvgIpc) is 2.69. The van der Waals surface area contributed by atoms with E-state index in [9.17, 15) is 0 Å².